The van der Waals surface area contributed by atoms with Crippen molar-refractivity contribution in [3.05, 3.63) is 48.5 Å². The van der Waals surface area contributed by atoms with Crippen molar-refractivity contribution < 1.29 is 4.42 Å². The summed E-state index contributed by atoms with van der Waals surface area (Å²) in [6, 6.07) is 12.3. The number of fused-ring (bicyclic) bond motifs is 7. The molecule has 0 bridgehead atoms. The Morgan fingerprint density at radius 3 is 2.95 bits per heavy atom. The van der Waals surface area contributed by atoms with Crippen molar-refractivity contribution in [1.82, 2.24) is 19.6 Å². The minimum atomic E-state index is 0.685. The number of hydrogen-bond acceptors (Lipinski definition) is 4. The highest BCUT2D eigenvalue weighted by Crippen LogP contribution is 2.34. The molecule has 3 aromatic heterocycles. The number of furan rings is 1. The monoisotopic (exact) mass is 274 g/mol. The first kappa shape index (κ1) is 10.8. The minimum absolute atomic E-state index is 0.685. The summed E-state index contributed by atoms with van der Waals surface area (Å²) in [4.78, 5) is 4.70. The summed E-state index contributed by atoms with van der Waals surface area (Å²) < 4.78 is 7.84. The van der Waals surface area contributed by atoms with Gasteiger partial charge >= 0.3 is 0 Å². The fourth-order valence-corrected chi connectivity index (χ4v) is 2.95. The Bertz CT molecular complexity index is 1150. The molecule has 3 heterocycles. The molecular weight excluding hydrogens is 264 g/mol. The molecular formula is C16H10N4O. The van der Waals surface area contributed by atoms with Crippen LogP contribution in [0.1, 0.15) is 5.82 Å². The van der Waals surface area contributed by atoms with Crippen LogP contribution in [-0.2, 0) is 0 Å². The molecule has 0 aliphatic heterocycles. The maximum Gasteiger partial charge on any atom is 0.207 e. The highest BCUT2D eigenvalue weighted by Gasteiger charge is 2.16. The van der Waals surface area contributed by atoms with E-state index in [1.165, 1.54) is 5.39 Å². The zero-order chi connectivity index (χ0) is 14.0. The number of aromatic nitrogens is 4. The van der Waals surface area contributed by atoms with Crippen molar-refractivity contribution in [2.45, 2.75) is 6.92 Å². The van der Waals surface area contributed by atoms with Crippen LogP contribution < -0.4 is 0 Å². The predicted molar refractivity (Wildman–Crippen MR) is 80.3 cm³/mol. The fraction of sp³-hybridized carbons (Fsp3) is 0.0625. The van der Waals surface area contributed by atoms with E-state index in [1.807, 2.05) is 29.5 Å². The van der Waals surface area contributed by atoms with E-state index in [2.05, 4.69) is 28.4 Å². The van der Waals surface area contributed by atoms with Crippen LogP contribution in [0.2, 0.25) is 0 Å². The summed E-state index contributed by atoms with van der Waals surface area (Å²) in [6.07, 6.45) is 1.66. The Hall–Kier alpha value is -2.95. The van der Waals surface area contributed by atoms with Gasteiger partial charge in [-0.1, -0.05) is 30.3 Å². The van der Waals surface area contributed by atoms with Gasteiger partial charge in [0.2, 0.25) is 5.65 Å². The number of aryl methyl sites for hydroxylation is 1. The normalized spacial score (nSPS) is 12.0. The van der Waals surface area contributed by atoms with Crippen LogP contribution >= 0.6 is 0 Å². The van der Waals surface area contributed by atoms with Gasteiger partial charge in [-0.3, -0.25) is 4.40 Å². The van der Waals surface area contributed by atoms with E-state index < -0.39 is 0 Å². The lowest BCUT2D eigenvalue weighted by Gasteiger charge is -1.99. The second-order valence-corrected chi connectivity index (χ2v) is 5.12. The van der Waals surface area contributed by atoms with Crippen molar-refractivity contribution in [3.8, 4) is 0 Å². The molecule has 0 radical (unpaired) electrons. The predicted octanol–water partition coefficient (Wildman–Crippen LogP) is 3.49. The summed E-state index contributed by atoms with van der Waals surface area (Å²) in [7, 11) is 0. The molecule has 0 unspecified atom stereocenters. The largest absolute Gasteiger partial charge is 0.450 e. The molecule has 5 rings (SSSR count). The summed E-state index contributed by atoms with van der Waals surface area (Å²) in [5.74, 6) is 0.845. The molecule has 0 aliphatic rings. The van der Waals surface area contributed by atoms with Gasteiger partial charge in [0, 0.05) is 0 Å². The van der Waals surface area contributed by atoms with E-state index in [0.29, 0.717) is 11.2 Å². The summed E-state index contributed by atoms with van der Waals surface area (Å²) in [5.41, 5.74) is 3.06. The van der Waals surface area contributed by atoms with Crippen molar-refractivity contribution in [2.24, 2.45) is 0 Å². The quantitative estimate of drug-likeness (QED) is 0.434. The Labute approximate surface area is 118 Å². The second kappa shape index (κ2) is 3.58. The van der Waals surface area contributed by atoms with Crippen LogP contribution in [0.4, 0.5) is 0 Å². The van der Waals surface area contributed by atoms with Gasteiger partial charge in [-0.25, -0.2) is 4.98 Å². The van der Waals surface area contributed by atoms with Crippen LogP contribution in [0.3, 0.4) is 0 Å². The molecule has 100 valence electrons. The summed E-state index contributed by atoms with van der Waals surface area (Å²) in [6.45, 7) is 1.94. The molecule has 5 heteroatoms. The zero-order valence-electron chi connectivity index (χ0n) is 11.2. The van der Waals surface area contributed by atoms with Gasteiger partial charge in [-0.05, 0) is 23.8 Å². The molecule has 0 amide bonds. The average Bonchev–Trinajstić information content (AvgIpc) is 3.11. The maximum atomic E-state index is 6.00. The molecule has 0 atom stereocenters. The SMILES string of the molecule is Cc1nc2c(oc3ccc4ccccc4c32)c2nncn12. The second-order valence-electron chi connectivity index (χ2n) is 5.12. The Morgan fingerprint density at radius 2 is 2.00 bits per heavy atom. The average molecular weight is 274 g/mol. The van der Waals surface area contributed by atoms with Gasteiger partial charge in [0.1, 0.15) is 23.3 Å². The van der Waals surface area contributed by atoms with E-state index >= 15 is 0 Å². The van der Waals surface area contributed by atoms with Crippen LogP contribution in [0.25, 0.3) is 38.5 Å². The first-order chi connectivity index (χ1) is 10.3. The molecule has 0 fully saturated rings. The molecule has 21 heavy (non-hydrogen) atoms. The van der Waals surface area contributed by atoms with Crippen LogP contribution in [0.5, 0.6) is 0 Å². The molecule has 0 spiro atoms. The van der Waals surface area contributed by atoms with Crippen molar-refractivity contribution in [3.63, 3.8) is 0 Å². The first-order valence-electron chi connectivity index (χ1n) is 6.73. The van der Waals surface area contributed by atoms with E-state index in [1.54, 1.807) is 6.33 Å². The molecule has 5 aromatic rings. The lowest BCUT2D eigenvalue weighted by molar-refractivity contribution is 0.667. The Kier molecular flexibility index (Phi) is 1.84. The van der Waals surface area contributed by atoms with Gasteiger partial charge in [0.25, 0.3) is 0 Å². The molecule has 2 aromatic carbocycles. The molecule has 0 saturated heterocycles. The Balaban J connectivity index is 2.15. The van der Waals surface area contributed by atoms with Crippen molar-refractivity contribution in [2.75, 3.05) is 0 Å². The van der Waals surface area contributed by atoms with Crippen molar-refractivity contribution >= 4 is 38.5 Å². The maximum absolute atomic E-state index is 6.00. The molecule has 0 aliphatic carbocycles. The zero-order valence-corrected chi connectivity index (χ0v) is 11.2. The highest BCUT2D eigenvalue weighted by atomic mass is 16.3. The first-order valence-corrected chi connectivity index (χ1v) is 6.73. The van der Waals surface area contributed by atoms with Crippen LogP contribution in [0.15, 0.2) is 47.1 Å². The van der Waals surface area contributed by atoms with E-state index in [0.717, 1.165) is 27.7 Å². The van der Waals surface area contributed by atoms with Gasteiger partial charge < -0.3 is 4.42 Å². The Morgan fingerprint density at radius 1 is 1.10 bits per heavy atom. The third kappa shape index (κ3) is 1.27. The van der Waals surface area contributed by atoms with E-state index in [9.17, 15) is 0 Å². The van der Waals surface area contributed by atoms with Crippen LogP contribution in [-0.4, -0.2) is 19.6 Å². The number of nitrogens with zero attached hydrogens (tertiary/aromatic N) is 4. The lowest BCUT2D eigenvalue weighted by Crippen LogP contribution is -1.94. The molecule has 0 saturated carbocycles. The van der Waals surface area contributed by atoms with Crippen LogP contribution in [0, 0.1) is 6.92 Å². The number of benzene rings is 2. The number of rotatable bonds is 0. The summed E-state index contributed by atoms with van der Waals surface area (Å²) >= 11 is 0. The van der Waals surface area contributed by atoms with Gasteiger partial charge in [0.15, 0.2) is 5.58 Å². The third-order valence-electron chi connectivity index (χ3n) is 3.93. The fourth-order valence-electron chi connectivity index (χ4n) is 2.95. The van der Waals surface area contributed by atoms with E-state index in [4.69, 9.17) is 9.40 Å². The molecule has 0 N–H and O–H groups in total. The standard InChI is InChI=1S/C16H10N4O/c1-9-18-14-13-11-5-3-2-4-10(11)6-7-12(13)21-15(14)16-19-17-8-20(9)16/h2-8H,1H3. The lowest BCUT2D eigenvalue weighted by atomic mass is 10.1. The number of hydrogen-bond donors (Lipinski definition) is 0. The summed E-state index contributed by atoms with van der Waals surface area (Å²) in [5, 5.41) is 11.5. The van der Waals surface area contributed by atoms with Gasteiger partial charge in [-0.2, -0.15) is 0 Å². The van der Waals surface area contributed by atoms with E-state index in [-0.39, 0.29) is 0 Å². The minimum Gasteiger partial charge on any atom is -0.450 e. The smallest absolute Gasteiger partial charge is 0.207 e. The third-order valence-corrected chi connectivity index (χ3v) is 3.93. The van der Waals surface area contributed by atoms with Crippen molar-refractivity contribution in [1.29, 1.82) is 0 Å². The van der Waals surface area contributed by atoms with Gasteiger partial charge in [0.05, 0.1) is 5.39 Å². The topological polar surface area (TPSA) is 56.2 Å². The molecule has 5 nitrogen and oxygen atoms in total. The van der Waals surface area contributed by atoms with Gasteiger partial charge in [-0.15, -0.1) is 10.2 Å². The highest BCUT2D eigenvalue weighted by molar-refractivity contribution is 6.19.